The highest BCUT2D eigenvalue weighted by Gasteiger charge is 2.20. The van der Waals surface area contributed by atoms with E-state index in [1.807, 2.05) is 13.0 Å². The molecule has 0 aliphatic heterocycles. The van der Waals surface area contributed by atoms with E-state index in [1.165, 1.54) is 6.07 Å². The topological polar surface area (TPSA) is 51.2 Å². The maximum atomic E-state index is 11.9. The van der Waals surface area contributed by atoms with E-state index in [4.69, 9.17) is 11.6 Å². The Bertz CT molecular complexity index is 606. The van der Waals surface area contributed by atoms with Crippen molar-refractivity contribution in [2.24, 2.45) is 5.92 Å². The average Bonchev–Trinajstić information content (AvgIpc) is 2.36. The van der Waals surface area contributed by atoms with Gasteiger partial charge in [0.1, 0.15) is 0 Å². The smallest absolute Gasteiger partial charge is 0.252 e. The molecule has 3 nitrogen and oxygen atoms in total. The third kappa shape index (κ3) is 4.06. The number of carbonyl (C=O) groups is 1. The maximum Gasteiger partial charge on any atom is 0.252 e. The lowest BCUT2D eigenvalue weighted by atomic mass is 9.95. The molecule has 0 aliphatic carbocycles. The van der Waals surface area contributed by atoms with Gasteiger partial charge in [-0.1, -0.05) is 33.3 Å². The van der Waals surface area contributed by atoms with Gasteiger partial charge in [0.2, 0.25) is 0 Å². The molecule has 0 aromatic heterocycles. The summed E-state index contributed by atoms with van der Waals surface area (Å²) in [5.74, 6) is 0.387. The van der Waals surface area contributed by atoms with Crippen LogP contribution in [0.4, 0.5) is 0 Å². The molecule has 1 aromatic carbocycles. The maximum absolute atomic E-state index is 11.9. The van der Waals surface area contributed by atoms with Gasteiger partial charge in [-0.05, 0) is 47.6 Å². The van der Waals surface area contributed by atoms with Gasteiger partial charge in [0.15, 0.2) is 9.84 Å². The van der Waals surface area contributed by atoms with Crippen LogP contribution in [0.1, 0.15) is 48.7 Å². The minimum atomic E-state index is -3.38. The van der Waals surface area contributed by atoms with E-state index in [0.29, 0.717) is 24.3 Å². The molecule has 112 valence electrons. The van der Waals surface area contributed by atoms with Crippen LogP contribution >= 0.6 is 11.6 Å². The summed E-state index contributed by atoms with van der Waals surface area (Å²) in [6, 6.07) is 3.25. The lowest BCUT2D eigenvalue weighted by Gasteiger charge is -2.15. The predicted molar refractivity (Wildman–Crippen MR) is 82.3 cm³/mol. The van der Waals surface area contributed by atoms with Crippen LogP contribution in [0.2, 0.25) is 0 Å². The molecule has 20 heavy (non-hydrogen) atoms. The van der Waals surface area contributed by atoms with Crippen molar-refractivity contribution in [2.75, 3.05) is 6.26 Å². The zero-order valence-electron chi connectivity index (χ0n) is 12.4. The van der Waals surface area contributed by atoms with E-state index in [9.17, 15) is 13.2 Å². The molecule has 0 fully saturated rings. The van der Waals surface area contributed by atoms with Gasteiger partial charge in [-0.3, -0.25) is 4.79 Å². The minimum absolute atomic E-state index is 0.221. The molecule has 0 saturated carbocycles. The number of benzene rings is 1. The Morgan fingerprint density at radius 2 is 1.85 bits per heavy atom. The van der Waals surface area contributed by atoms with Gasteiger partial charge in [-0.2, -0.15) is 0 Å². The standard InChI is InChI=1S/C15H21ClO3S/c1-5-10(3)7-12-8-11(6-2)13(15(16)17)9-14(12)20(4,18)19/h8-10H,5-7H2,1-4H3. The Hall–Kier alpha value is -0.870. The summed E-state index contributed by atoms with van der Waals surface area (Å²) in [6.45, 7) is 6.08. The normalized spacial score (nSPS) is 13.2. The second-order valence-electron chi connectivity index (χ2n) is 5.23. The Kier molecular flexibility index (Phi) is 5.78. The Labute approximate surface area is 126 Å². The first-order valence-corrected chi connectivity index (χ1v) is 9.03. The molecule has 0 bridgehead atoms. The van der Waals surface area contributed by atoms with Gasteiger partial charge in [-0.25, -0.2) is 8.42 Å². The molecular formula is C15H21ClO3S. The molecule has 1 rings (SSSR count). The molecule has 0 N–H and O–H groups in total. The van der Waals surface area contributed by atoms with Crippen LogP contribution in [-0.2, 0) is 22.7 Å². The molecule has 0 radical (unpaired) electrons. The molecule has 0 aliphatic rings. The Morgan fingerprint density at radius 1 is 1.25 bits per heavy atom. The first-order chi connectivity index (χ1) is 9.20. The first kappa shape index (κ1) is 17.2. The van der Waals surface area contributed by atoms with Gasteiger partial charge >= 0.3 is 0 Å². The second-order valence-corrected chi connectivity index (χ2v) is 7.56. The number of hydrogen-bond donors (Lipinski definition) is 0. The third-order valence-corrected chi connectivity index (χ3v) is 4.93. The van der Waals surface area contributed by atoms with E-state index in [2.05, 4.69) is 13.8 Å². The fourth-order valence-corrected chi connectivity index (χ4v) is 3.30. The van der Waals surface area contributed by atoms with Gasteiger partial charge < -0.3 is 0 Å². The van der Waals surface area contributed by atoms with E-state index in [1.54, 1.807) is 0 Å². The monoisotopic (exact) mass is 316 g/mol. The van der Waals surface area contributed by atoms with E-state index < -0.39 is 15.1 Å². The lowest BCUT2D eigenvalue weighted by molar-refractivity contribution is 0.108. The Morgan fingerprint density at radius 3 is 2.25 bits per heavy atom. The number of halogens is 1. The molecule has 0 amide bonds. The lowest BCUT2D eigenvalue weighted by Crippen LogP contribution is -2.10. The van der Waals surface area contributed by atoms with Crippen molar-refractivity contribution >= 4 is 26.7 Å². The summed E-state index contributed by atoms with van der Waals surface area (Å²) in [6.07, 6.45) is 3.46. The summed E-state index contributed by atoms with van der Waals surface area (Å²) >= 11 is 5.56. The van der Waals surface area contributed by atoms with Crippen LogP contribution < -0.4 is 0 Å². The van der Waals surface area contributed by atoms with E-state index in [0.717, 1.165) is 23.8 Å². The van der Waals surface area contributed by atoms with Crippen molar-refractivity contribution in [1.82, 2.24) is 0 Å². The highest BCUT2D eigenvalue weighted by atomic mass is 35.5. The van der Waals surface area contributed by atoms with Crippen molar-refractivity contribution in [3.8, 4) is 0 Å². The number of hydrogen-bond acceptors (Lipinski definition) is 3. The van der Waals surface area contributed by atoms with Crippen LogP contribution in [-0.4, -0.2) is 19.9 Å². The Balaban J connectivity index is 3.52. The van der Waals surface area contributed by atoms with Crippen molar-refractivity contribution in [3.63, 3.8) is 0 Å². The van der Waals surface area contributed by atoms with Gasteiger partial charge in [0.05, 0.1) is 4.90 Å². The summed E-state index contributed by atoms with van der Waals surface area (Å²) in [7, 11) is -3.38. The SMILES string of the molecule is CCc1cc(CC(C)CC)c(S(C)(=O)=O)cc1C(=O)Cl. The molecule has 1 unspecified atom stereocenters. The first-order valence-electron chi connectivity index (χ1n) is 6.76. The highest BCUT2D eigenvalue weighted by molar-refractivity contribution is 7.90. The summed E-state index contributed by atoms with van der Waals surface area (Å²) in [5, 5.41) is -0.609. The largest absolute Gasteiger partial charge is 0.276 e. The number of sulfone groups is 1. The third-order valence-electron chi connectivity index (χ3n) is 3.54. The molecule has 0 heterocycles. The van der Waals surface area contributed by atoms with Crippen LogP contribution in [0.25, 0.3) is 0 Å². The highest BCUT2D eigenvalue weighted by Crippen LogP contribution is 2.26. The fraction of sp³-hybridized carbons (Fsp3) is 0.533. The summed E-state index contributed by atoms with van der Waals surface area (Å²) < 4.78 is 23.9. The van der Waals surface area contributed by atoms with Crippen molar-refractivity contribution in [3.05, 3.63) is 28.8 Å². The number of rotatable bonds is 6. The van der Waals surface area contributed by atoms with Crippen LogP contribution in [0.5, 0.6) is 0 Å². The fourth-order valence-electron chi connectivity index (χ4n) is 2.18. The average molecular weight is 317 g/mol. The summed E-state index contributed by atoms with van der Waals surface area (Å²) in [4.78, 5) is 11.7. The molecule has 1 aromatic rings. The van der Waals surface area contributed by atoms with Crippen LogP contribution in [0, 0.1) is 5.92 Å². The van der Waals surface area contributed by atoms with Crippen molar-refractivity contribution in [2.45, 2.75) is 44.9 Å². The zero-order chi connectivity index (χ0) is 15.5. The van der Waals surface area contributed by atoms with E-state index in [-0.39, 0.29) is 4.90 Å². The quantitative estimate of drug-likeness (QED) is 0.753. The van der Waals surface area contributed by atoms with Crippen LogP contribution in [0.3, 0.4) is 0 Å². The van der Waals surface area contributed by atoms with Crippen molar-refractivity contribution < 1.29 is 13.2 Å². The number of aryl methyl sites for hydroxylation is 1. The molecular weight excluding hydrogens is 296 g/mol. The van der Waals surface area contributed by atoms with Gasteiger partial charge in [0, 0.05) is 11.8 Å². The molecule has 1 atom stereocenters. The molecule has 0 saturated heterocycles. The van der Waals surface area contributed by atoms with Crippen molar-refractivity contribution in [1.29, 1.82) is 0 Å². The molecule has 0 spiro atoms. The summed E-state index contributed by atoms with van der Waals surface area (Å²) in [5.41, 5.74) is 1.87. The van der Waals surface area contributed by atoms with E-state index >= 15 is 0 Å². The minimum Gasteiger partial charge on any atom is -0.276 e. The molecule has 5 heteroatoms. The predicted octanol–water partition coefficient (Wildman–Crippen LogP) is 3.62. The van der Waals surface area contributed by atoms with Gasteiger partial charge in [0.25, 0.3) is 5.24 Å². The van der Waals surface area contributed by atoms with Gasteiger partial charge in [-0.15, -0.1) is 0 Å². The van der Waals surface area contributed by atoms with Crippen LogP contribution in [0.15, 0.2) is 17.0 Å². The number of carbonyl (C=O) groups excluding carboxylic acids is 1. The second kappa shape index (κ2) is 6.72. The zero-order valence-corrected chi connectivity index (χ0v) is 13.9.